The van der Waals surface area contributed by atoms with Crippen LogP contribution < -0.4 is 0 Å². The maximum atomic E-state index is 12.2. The molecule has 0 saturated heterocycles. The van der Waals surface area contributed by atoms with Crippen molar-refractivity contribution in [2.75, 3.05) is 12.8 Å². The van der Waals surface area contributed by atoms with Crippen molar-refractivity contribution in [1.29, 1.82) is 0 Å². The SMILES string of the molecule is O=P(O)(O)CC(F)CCF. The average Bonchev–Trinajstić information content (AvgIpc) is 1.59. The van der Waals surface area contributed by atoms with Crippen LogP contribution in [0.3, 0.4) is 0 Å². The van der Waals surface area contributed by atoms with E-state index in [9.17, 15) is 13.3 Å². The van der Waals surface area contributed by atoms with Crippen LogP contribution in [-0.4, -0.2) is 28.8 Å². The molecule has 0 spiro atoms. The summed E-state index contributed by atoms with van der Waals surface area (Å²) in [5.74, 6) is 0. The summed E-state index contributed by atoms with van der Waals surface area (Å²) in [6, 6.07) is 0. The fraction of sp³-hybridized carbons (Fsp3) is 1.00. The van der Waals surface area contributed by atoms with E-state index < -0.39 is 33.0 Å². The molecule has 0 saturated carbocycles. The number of hydrogen-bond acceptors (Lipinski definition) is 1. The van der Waals surface area contributed by atoms with Crippen molar-refractivity contribution in [2.45, 2.75) is 12.6 Å². The van der Waals surface area contributed by atoms with Gasteiger partial charge < -0.3 is 9.79 Å². The van der Waals surface area contributed by atoms with Gasteiger partial charge in [-0.05, 0) is 0 Å². The minimum absolute atomic E-state index is 0.439. The van der Waals surface area contributed by atoms with Gasteiger partial charge in [0.15, 0.2) is 0 Å². The molecule has 0 aliphatic carbocycles. The second-order valence-electron chi connectivity index (χ2n) is 1.92. The first-order chi connectivity index (χ1) is 4.45. The monoisotopic (exact) mass is 174 g/mol. The van der Waals surface area contributed by atoms with Gasteiger partial charge in [-0.2, -0.15) is 0 Å². The Labute approximate surface area is 57.2 Å². The van der Waals surface area contributed by atoms with Crippen molar-refractivity contribution in [3.63, 3.8) is 0 Å². The van der Waals surface area contributed by atoms with Gasteiger partial charge in [-0.25, -0.2) is 4.39 Å². The topological polar surface area (TPSA) is 57.5 Å². The summed E-state index contributed by atoms with van der Waals surface area (Å²) in [7, 11) is -4.29. The smallest absolute Gasteiger partial charge is 0.324 e. The molecule has 0 bridgehead atoms. The first kappa shape index (κ1) is 10.0. The molecule has 0 aromatic heterocycles. The van der Waals surface area contributed by atoms with E-state index >= 15 is 0 Å². The van der Waals surface area contributed by atoms with E-state index in [1.54, 1.807) is 0 Å². The lowest BCUT2D eigenvalue weighted by Gasteiger charge is -2.05. The van der Waals surface area contributed by atoms with E-state index in [-0.39, 0.29) is 0 Å². The molecule has 1 unspecified atom stereocenters. The molecular formula is C4H9F2O3P. The molecule has 2 N–H and O–H groups in total. The quantitative estimate of drug-likeness (QED) is 0.621. The van der Waals surface area contributed by atoms with Crippen molar-refractivity contribution in [1.82, 2.24) is 0 Å². The molecule has 0 aliphatic rings. The number of rotatable bonds is 4. The van der Waals surface area contributed by atoms with Crippen LogP contribution in [0.25, 0.3) is 0 Å². The third-order valence-electron chi connectivity index (χ3n) is 0.858. The van der Waals surface area contributed by atoms with Gasteiger partial charge in [-0.1, -0.05) is 0 Å². The molecule has 62 valence electrons. The lowest BCUT2D eigenvalue weighted by molar-refractivity contribution is 0.286. The highest BCUT2D eigenvalue weighted by Gasteiger charge is 2.20. The lowest BCUT2D eigenvalue weighted by atomic mass is 10.3. The second-order valence-corrected chi connectivity index (χ2v) is 3.62. The van der Waals surface area contributed by atoms with Crippen molar-refractivity contribution in [3.8, 4) is 0 Å². The Hall–Kier alpha value is 0.01000. The maximum absolute atomic E-state index is 12.2. The van der Waals surface area contributed by atoms with Crippen LogP contribution in [0.4, 0.5) is 8.78 Å². The summed E-state index contributed by atoms with van der Waals surface area (Å²) in [6.45, 7) is -0.888. The van der Waals surface area contributed by atoms with Crippen molar-refractivity contribution < 1.29 is 23.1 Å². The van der Waals surface area contributed by atoms with Crippen LogP contribution in [0.1, 0.15) is 6.42 Å². The molecule has 3 nitrogen and oxygen atoms in total. The second kappa shape index (κ2) is 4.01. The summed E-state index contributed by atoms with van der Waals surface area (Å²) in [5, 5.41) is 0. The Kier molecular flexibility index (Phi) is 4.01. The van der Waals surface area contributed by atoms with Crippen LogP contribution in [0.2, 0.25) is 0 Å². The zero-order valence-corrected chi connectivity index (χ0v) is 6.10. The molecule has 0 aromatic rings. The Morgan fingerprint density at radius 3 is 2.30 bits per heavy atom. The van der Waals surface area contributed by atoms with E-state index in [0.717, 1.165) is 0 Å². The maximum Gasteiger partial charge on any atom is 0.328 e. The van der Waals surface area contributed by atoms with Crippen LogP contribution in [0.5, 0.6) is 0 Å². The molecule has 0 amide bonds. The number of alkyl halides is 2. The molecule has 0 aliphatic heterocycles. The van der Waals surface area contributed by atoms with Gasteiger partial charge in [0.2, 0.25) is 0 Å². The summed E-state index contributed by atoms with van der Waals surface area (Å²) in [6.07, 6.45) is -3.05. The van der Waals surface area contributed by atoms with Gasteiger partial charge in [-0.15, -0.1) is 0 Å². The highest BCUT2D eigenvalue weighted by molar-refractivity contribution is 7.51. The van der Waals surface area contributed by atoms with Gasteiger partial charge in [0.25, 0.3) is 0 Å². The van der Waals surface area contributed by atoms with Gasteiger partial charge >= 0.3 is 7.60 Å². The molecule has 0 fully saturated rings. The zero-order chi connectivity index (χ0) is 8.20. The predicted octanol–water partition coefficient (Wildman–Crippen LogP) is 0.862. The van der Waals surface area contributed by atoms with E-state index in [1.807, 2.05) is 0 Å². The molecule has 0 radical (unpaired) electrons. The average molecular weight is 174 g/mol. The molecule has 0 aromatic carbocycles. The summed E-state index contributed by atoms with van der Waals surface area (Å²) in [5.41, 5.74) is 0. The minimum Gasteiger partial charge on any atom is -0.324 e. The van der Waals surface area contributed by atoms with Gasteiger partial charge in [0.05, 0.1) is 12.8 Å². The minimum atomic E-state index is -4.29. The molecule has 1 atom stereocenters. The van der Waals surface area contributed by atoms with Gasteiger partial charge in [0, 0.05) is 6.42 Å². The molecule has 0 heterocycles. The normalized spacial score (nSPS) is 15.2. The van der Waals surface area contributed by atoms with Crippen molar-refractivity contribution in [3.05, 3.63) is 0 Å². The van der Waals surface area contributed by atoms with Crippen LogP contribution in [0.15, 0.2) is 0 Å². The Balaban J connectivity index is 3.58. The Bertz CT molecular complexity index is 134. The van der Waals surface area contributed by atoms with E-state index in [2.05, 4.69) is 0 Å². The van der Waals surface area contributed by atoms with Crippen LogP contribution >= 0.6 is 7.60 Å². The Morgan fingerprint density at radius 1 is 1.50 bits per heavy atom. The molecule has 10 heavy (non-hydrogen) atoms. The predicted molar refractivity (Wildman–Crippen MR) is 32.4 cm³/mol. The van der Waals surface area contributed by atoms with E-state index in [4.69, 9.17) is 9.79 Å². The number of halogens is 2. The summed E-state index contributed by atoms with van der Waals surface area (Å²) < 4.78 is 33.5. The van der Waals surface area contributed by atoms with Gasteiger partial charge in [0.1, 0.15) is 6.17 Å². The first-order valence-electron chi connectivity index (χ1n) is 2.70. The summed E-state index contributed by atoms with van der Waals surface area (Å²) in [4.78, 5) is 16.3. The third kappa shape index (κ3) is 6.13. The molecular weight excluding hydrogens is 165 g/mol. The van der Waals surface area contributed by atoms with Crippen LogP contribution in [-0.2, 0) is 4.57 Å². The fourth-order valence-electron chi connectivity index (χ4n) is 0.468. The summed E-state index contributed by atoms with van der Waals surface area (Å²) >= 11 is 0. The largest absolute Gasteiger partial charge is 0.328 e. The first-order valence-corrected chi connectivity index (χ1v) is 4.50. The highest BCUT2D eigenvalue weighted by atomic mass is 31.2. The Morgan fingerprint density at radius 2 is 2.00 bits per heavy atom. The molecule has 0 rings (SSSR count). The highest BCUT2D eigenvalue weighted by Crippen LogP contribution is 2.36. The van der Waals surface area contributed by atoms with E-state index in [0.29, 0.717) is 0 Å². The van der Waals surface area contributed by atoms with Crippen LogP contribution in [0, 0.1) is 0 Å². The van der Waals surface area contributed by atoms with Crippen molar-refractivity contribution >= 4 is 7.60 Å². The standard InChI is InChI=1S/C4H9F2O3P/c5-2-1-4(6)3-10(7,8)9/h4H,1-3H2,(H2,7,8,9). The zero-order valence-electron chi connectivity index (χ0n) is 5.20. The van der Waals surface area contributed by atoms with Crippen molar-refractivity contribution in [2.24, 2.45) is 0 Å². The number of hydrogen-bond donors (Lipinski definition) is 2. The van der Waals surface area contributed by atoms with Gasteiger partial charge in [-0.3, -0.25) is 8.96 Å². The fourth-order valence-corrected chi connectivity index (χ4v) is 1.17. The lowest BCUT2D eigenvalue weighted by Crippen LogP contribution is -2.07. The third-order valence-corrected chi connectivity index (χ3v) is 1.73. The van der Waals surface area contributed by atoms with E-state index in [1.165, 1.54) is 0 Å². The molecule has 6 heteroatoms.